The zero-order valence-electron chi connectivity index (χ0n) is 21.5. The first kappa shape index (κ1) is 26.8. The van der Waals surface area contributed by atoms with Gasteiger partial charge in [-0.3, -0.25) is 4.79 Å². The van der Waals surface area contributed by atoms with E-state index >= 15 is 0 Å². The van der Waals surface area contributed by atoms with Crippen molar-refractivity contribution in [1.82, 2.24) is 10.6 Å². The number of amides is 1. The first-order valence-corrected chi connectivity index (χ1v) is 13.0. The standard InChI is InChI=1S/C33H34N2O3/c1-2-21-38-33(37)35-31(23-25-17-18-26-11-9-10-16-29(26)22-25)32(36)19-20-34-24-30(27-12-5-3-6-13-27)28-14-7-4-8-15-28/h2-18,22,30-31,34H,1,19-21,23-24H2,(H,35,37). The number of nitrogens with one attached hydrogen (secondary N) is 2. The quantitative estimate of drug-likeness (QED) is 0.171. The summed E-state index contributed by atoms with van der Waals surface area (Å²) in [5, 5.41) is 8.46. The number of benzene rings is 4. The fourth-order valence-electron chi connectivity index (χ4n) is 4.60. The molecule has 1 amide bonds. The molecule has 194 valence electrons. The van der Waals surface area contributed by atoms with Crippen LogP contribution in [0.4, 0.5) is 4.79 Å². The molecule has 1 atom stereocenters. The monoisotopic (exact) mass is 506 g/mol. The molecule has 0 aliphatic carbocycles. The second-order valence-electron chi connectivity index (χ2n) is 9.26. The smallest absolute Gasteiger partial charge is 0.408 e. The van der Waals surface area contributed by atoms with Crippen molar-refractivity contribution in [2.45, 2.75) is 24.8 Å². The zero-order chi connectivity index (χ0) is 26.6. The third-order valence-corrected chi connectivity index (χ3v) is 6.57. The van der Waals surface area contributed by atoms with Crippen LogP contribution < -0.4 is 10.6 Å². The van der Waals surface area contributed by atoms with E-state index in [1.54, 1.807) is 0 Å². The Bertz CT molecular complexity index is 1300. The van der Waals surface area contributed by atoms with Crippen molar-refractivity contribution in [1.29, 1.82) is 0 Å². The fourth-order valence-corrected chi connectivity index (χ4v) is 4.60. The molecule has 0 aliphatic rings. The van der Waals surface area contributed by atoms with E-state index in [9.17, 15) is 9.59 Å². The van der Waals surface area contributed by atoms with E-state index in [0.29, 0.717) is 19.5 Å². The van der Waals surface area contributed by atoms with E-state index in [1.807, 2.05) is 66.7 Å². The highest BCUT2D eigenvalue weighted by atomic mass is 16.5. The van der Waals surface area contributed by atoms with Gasteiger partial charge in [0, 0.05) is 25.4 Å². The highest BCUT2D eigenvalue weighted by Crippen LogP contribution is 2.23. The molecule has 4 aromatic rings. The van der Waals surface area contributed by atoms with Crippen LogP contribution in [0.25, 0.3) is 10.8 Å². The lowest BCUT2D eigenvalue weighted by Gasteiger charge is -2.20. The highest BCUT2D eigenvalue weighted by Gasteiger charge is 2.22. The molecule has 5 nitrogen and oxygen atoms in total. The van der Waals surface area contributed by atoms with Gasteiger partial charge in [-0.25, -0.2) is 4.79 Å². The van der Waals surface area contributed by atoms with Crippen LogP contribution in [0.15, 0.2) is 116 Å². The molecular formula is C33H34N2O3. The Labute approximate surface area is 224 Å². The molecule has 4 aromatic carbocycles. The minimum atomic E-state index is -0.686. The van der Waals surface area contributed by atoms with Gasteiger partial charge in [-0.05, 0) is 33.9 Å². The third-order valence-electron chi connectivity index (χ3n) is 6.57. The van der Waals surface area contributed by atoms with Crippen molar-refractivity contribution in [3.63, 3.8) is 0 Å². The van der Waals surface area contributed by atoms with Gasteiger partial charge in [-0.2, -0.15) is 0 Å². The van der Waals surface area contributed by atoms with Crippen molar-refractivity contribution < 1.29 is 14.3 Å². The number of rotatable bonds is 13. The van der Waals surface area contributed by atoms with E-state index in [1.165, 1.54) is 17.2 Å². The number of Topliss-reactive ketones (excluding diaryl/α,β-unsaturated/α-hetero) is 1. The number of carbonyl (C=O) groups excluding carboxylic acids is 2. The van der Waals surface area contributed by atoms with E-state index < -0.39 is 12.1 Å². The first-order valence-electron chi connectivity index (χ1n) is 13.0. The maximum absolute atomic E-state index is 13.3. The van der Waals surface area contributed by atoms with E-state index in [0.717, 1.165) is 16.3 Å². The molecule has 0 fully saturated rings. The molecule has 1 unspecified atom stereocenters. The number of fused-ring (bicyclic) bond motifs is 1. The summed E-state index contributed by atoms with van der Waals surface area (Å²) >= 11 is 0. The minimum Gasteiger partial charge on any atom is -0.445 e. The molecule has 0 saturated heterocycles. The molecule has 0 heterocycles. The van der Waals surface area contributed by atoms with Gasteiger partial charge in [0.2, 0.25) is 0 Å². The Balaban J connectivity index is 1.40. The van der Waals surface area contributed by atoms with E-state index in [2.05, 4.69) is 53.6 Å². The summed E-state index contributed by atoms with van der Waals surface area (Å²) in [4.78, 5) is 25.6. The topological polar surface area (TPSA) is 67.4 Å². The SMILES string of the molecule is C=CCOC(=O)NC(Cc1ccc2ccccc2c1)C(=O)CCNCC(c1ccccc1)c1ccccc1. The molecular weight excluding hydrogens is 472 g/mol. The number of ether oxygens (including phenoxy) is 1. The summed E-state index contributed by atoms with van der Waals surface area (Å²) in [6.07, 6.45) is 1.56. The number of hydrogen-bond donors (Lipinski definition) is 2. The lowest BCUT2D eigenvalue weighted by atomic mass is 9.91. The Morgan fingerprint density at radius 2 is 1.45 bits per heavy atom. The van der Waals surface area contributed by atoms with Crippen molar-refractivity contribution in [3.8, 4) is 0 Å². The largest absolute Gasteiger partial charge is 0.445 e. The van der Waals surface area contributed by atoms with Gasteiger partial charge in [0.05, 0.1) is 6.04 Å². The lowest BCUT2D eigenvalue weighted by Crippen LogP contribution is -2.43. The number of hydrogen-bond acceptors (Lipinski definition) is 4. The molecule has 0 radical (unpaired) electrons. The summed E-state index contributed by atoms with van der Waals surface area (Å²) in [7, 11) is 0. The molecule has 2 N–H and O–H groups in total. The van der Waals surface area contributed by atoms with Crippen molar-refractivity contribution >= 4 is 22.6 Å². The third kappa shape index (κ3) is 7.64. The van der Waals surface area contributed by atoms with E-state index in [-0.39, 0.29) is 24.7 Å². The highest BCUT2D eigenvalue weighted by molar-refractivity contribution is 5.88. The van der Waals surface area contributed by atoms with Crippen LogP contribution in [-0.4, -0.2) is 37.6 Å². The van der Waals surface area contributed by atoms with Gasteiger partial charge >= 0.3 is 6.09 Å². The lowest BCUT2D eigenvalue weighted by molar-refractivity contribution is -0.120. The first-order chi connectivity index (χ1) is 18.6. The molecule has 0 spiro atoms. The van der Waals surface area contributed by atoms with Crippen molar-refractivity contribution in [3.05, 3.63) is 132 Å². The van der Waals surface area contributed by atoms with Crippen molar-refractivity contribution in [2.75, 3.05) is 19.7 Å². The van der Waals surface area contributed by atoms with Crippen LogP contribution in [0.1, 0.15) is 29.0 Å². The average Bonchev–Trinajstić information content (AvgIpc) is 2.96. The van der Waals surface area contributed by atoms with Gasteiger partial charge in [0.15, 0.2) is 5.78 Å². The summed E-state index contributed by atoms with van der Waals surface area (Å²) in [5.41, 5.74) is 3.42. The van der Waals surface area contributed by atoms with Crippen LogP contribution in [0.5, 0.6) is 0 Å². The molecule has 0 aliphatic heterocycles. The Kier molecular flexibility index (Phi) is 9.82. The molecule has 0 aromatic heterocycles. The second kappa shape index (κ2) is 13.9. The molecule has 4 rings (SSSR count). The second-order valence-corrected chi connectivity index (χ2v) is 9.26. The number of alkyl carbamates (subject to hydrolysis) is 1. The number of ketones is 1. The predicted molar refractivity (Wildman–Crippen MR) is 153 cm³/mol. The van der Waals surface area contributed by atoms with Crippen LogP contribution in [-0.2, 0) is 16.0 Å². The Morgan fingerprint density at radius 3 is 2.11 bits per heavy atom. The zero-order valence-corrected chi connectivity index (χ0v) is 21.5. The molecule has 38 heavy (non-hydrogen) atoms. The molecule has 0 bridgehead atoms. The average molecular weight is 507 g/mol. The van der Waals surface area contributed by atoms with Crippen LogP contribution in [0, 0.1) is 0 Å². The minimum absolute atomic E-state index is 0.0443. The normalized spacial score (nSPS) is 11.7. The van der Waals surface area contributed by atoms with Crippen LogP contribution >= 0.6 is 0 Å². The summed E-state index contributed by atoms with van der Waals surface area (Å²) in [5.74, 6) is 0.130. The van der Waals surface area contributed by atoms with Crippen LogP contribution in [0.2, 0.25) is 0 Å². The summed E-state index contributed by atoms with van der Waals surface area (Å²) in [6, 6.07) is 34.2. The van der Waals surface area contributed by atoms with Gasteiger partial charge in [0.25, 0.3) is 0 Å². The fraction of sp³-hybridized carbons (Fsp3) is 0.212. The van der Waals surface area contributed by atoms with Gasteiger partial charge in [0.1, 0.15) is 6.61 Å². The Hall–Kier alpha value is -4.22. The van der Waals surface area contributed by atoms with Crippen LogP contribution in [0.3, 0.4) is 0 Å². The Morgan fingerprint density at radius 1 is 0.816 bits per heavy atom. The van der Waals surface area contributed by atoms with Gasteiger partial charge in [-0.1, -0.05) is 116 Å². The van der Waals surface area contributed by atoms with E-state index in [4.69, 9.17) is 4.74 Å². The molecule has 0 saturated carbocycles. The molecule has 5 heteroatoms. The number of carbonyl (C=O) groups is 2. The van der Waals surface area contributed by atoms with Gasteiger partial charge in [-0.15, -0.1) is 0 Å². The maximum atomic E-state index is 13.3. The van der Waals surface area contributed by atoms with Crippen molar-refractivity contribution in [2.24, 2.45) is 0 Å². The summed E-state index contributed by atoms with van der Waals surface area (Å²) < 4.78 is 5.10. The summed E-state index contributed by atoms with van der Waals surface area (Å²) in [6.45, 7) is 4.87. The predicted octanol–water partition coefficient (Wildman–Crippen LogP) is 6.04. The maximum Gasteiger partial charge on any atom is 0.408 e. The van der Waals surface area contributed by atoms with Gasteiger partial charge < -0.3 is 15.4 Å².